The van der Waals surface area contributed by atoms with Gasteiger partial charge in [0.1, 0.15) is 0 Å². The van der Waals surface area contributed by atoms with E-state index in [-0.39, 0.29) is 17.9 Å². The molecule has 0 bridgehead atoms. The van der Waals surface area contributed by atoms with E-state index in [0.717, 1.165) is 12.0 Å². The summed E-state index contributed by atoms with van der Waals surface area (Å²) in [6.07, 6.45) is 0.794. The molecular formula is C15H23NO2. The number of carbonyl (C=O) groups excluding carboxylic acids is 1. The van der Waals surface area contributed by atoms with Crippen LogP contribution in [0.5, 0.6) is 0 Å². The Bertz CT molecular complexity index is 373. The Balaban J connectivity index is 2.80. The number of rotatable bonds is 6. The minimum atomic E-state index is -0.371. The van der Waals surface area contributed by atoms with Crippen molar-refractivity contribution < 1.29 is 9.90 Å². The largest absolute Gasteiger partial charge is 0.395 e. The summed E-state index contributed by atoms with van der Waals surface area (Å²) >= 11 is 0. The summed E-state index contributed by atoms with van der Waals surface area (Å²) < 4.78 is 0. The average molecular weight is 249 g/mol. The SMILES string of the molecule is CCC(C)(C)C(=O)N(CCO)Cc1ccccc1. The van der Waals surface area contributed by atoms with Gasteiger partial charge in [0.15, 0.2) is 0 Å². The Morgan fingerprint density at radius 2 is 1.89 bits per heavy atom. The van der Waals surface area contributed by atoms with Crippen molar-refractivity contribution in [3.05, 3.63) is 35.9 Å². The van der Waals surface area contributed by atoms with Gasteiger partial charge in [-0.2, -0.15) is 0 Å². The van der Waals surface area contributed by atoms with Crippen molar-refractivity contribution in [1.29, 1.82) is 0 Å². The molecule has 0 saturated carbocycles. The van der Waals surface area contributed by atoms with Crippen molar-refractivity contribution in [1.82, 2.24) is 4.90 Å². The summed E-state index contributed by atoms with van der Waals surface area (Å²) in [5, 5.41) is 9.11. The molecule has 0 saturated heterocycles. The molecule has 0 unspecified atom stereocenters. The average Bonchev–Trinajstić information content (AvgIpc) is 2.38. The summed E-state index contributed by atoms with van der Waals surface area (Å²) in [7, 11) is 0. The lowest BCUT2D eigenvalue weighted by atomic mass is 9.88. The molecule has 0 fully saturated rings. The standard InChI is InChI=1S/C15H23NO2/c1-4-15(2,3)14(18)16(10-11-17)12-13-8-6-5-7-9-13/h5-9,17H,4,10-12H2,1-3H3. The lowest BCUT2D eigenvalue weighted by Crippen LogP contribution is -2.41. The number of nitrogens with zero attached hydrogens (tertiary/aromatic N) is 1. The van der Waals surface area contributed by atoms with Crippen LogP contribution in [0.4, 0.5) is 0 Å². The second-order valence-electron chi connectivity index (χ2n) is 5.17. The number of aliphatic hydroxyl groups excluding tert-OH is 1. The minimum Gasteiger partial charge on any atom is -0.395 e. The quantitative estimate of drug-likeness (QED) is 0.841. The van der Waals surface area contributed by atoms with Gasteiger partial charge >= 0.3 is 0 Å². The van der Waals surface area contributed by atoms with Gasteiger partial charge in [-0.3, -0.25) is 4.79 Å². The maximum atomic E-state index is 12.4. The Hall–Kier alpha value is -1.35. The number of hydrogen-bond acceptors (Lipinski definition) is 2. The molecular weight excluding hydrogens is 226 g/mol. The Morgan fingerprint density at radius 3 is 2.39 bits per heavy atom. The van der Waals surface area contributed by atoms with E-state index in [1.165, 1.54) is 0 Å². The predicted molar refractivity (Wildman–Crippen MR) is 73.0 cm³/mol. The number of carbonyl (C=O) groups is 1. The molecule has 18 heavy (non-hydrogen) atoms. The van der Waals surface area contributed by atoms with Crippen LogP contribution >= 0.6 is 0 Å². The van der Waals surface area contributed by atoms with Crippen molar-refractivity contribution in [3.8, 4) is 0 Å². The van der Waals surface area contributed by atoms with Gasteiger partial charge in [0.05, 0.1) is 6.61 Å². The highest BCUT2D eigenvalue weighted by Crippen LogP contribution is 2.23. The highest BCUT2D eigenvalue weighted by Gasteiger charge is 2.29. The zero-order valence-electron chi connectivity index (χ0n) is 11.5. The minimum absolute atomic E-state index is 0.00162. The second kappa shape index (κ2) is 6.55. The molecule has 0 aromatic heterocycles. The van der Waals surface area contributed by atoms with Gasteiger partial charge in [-0.05, 0) is 12.0 Å². The van der Waals surface area contributed by atoms with Gasteiger partial charge in [0.2, 0.25) is 5.91 Å². The van der Waals surface area contributed by atoms with Crippen LogP contribution in [0.2, 0.25) is 0 Å². The Kier molecular flexibility index (Phi) is 5.35. The van der Waals surface area contributed by atoms with Crippen molar-refractivity contribution >= 4 is 5.91 Å². The maximum absolute atomic E-state index is 12.4. The van der Waals surface area contributed by atoms with Gasteiger partial charge in [-0.25, -0.2) is 0 Å². The van der Waals surface area contributed by atoms with Crippen molar-refractivity contribution in [2.75, 3.05) is 13.2 Å². The first-order valence-corrected chi connectivity index (χ1v) is 6.45. The highest BCUT2D eigenvalue weighted by molar-refractivity contribution is 5.81. The Labute approximate surface area is 109 Å². The molecule has 1 aromatic rings. The van der Waals surface area contributed by atoms with Crippen LogP contribution in [0.1, 0.15) is 32.8 Å². The van der Waals surface area contributed by atoms with E-state index in [1.807, 2.05) is 51.1 Å². The zero-order chi connectivity index (χ0) is 13.6. The summed E-state index contributed by atoms with van der Waals surface area (Å²) in [6.45, 7) is 6.85. The first-order valence-electron chi connectivity index (χ1n) is 6.45. The molecule has 0 aliphatic carbocycles. The number of amides is 1. The summed E-state index contributed by atoms with van der Waals surface area (Å²) in [5.74, 6) is 0.0999. The van der Waals surface area contributed by atoms with Crippen molar-refractivity contribution in [3.63, 3.8) is 0 Å². The zero-order valence-corrected chi connectivity index (χ0v) is 11.5. The van der Waals surface area contributed by atoms with E-state index in [0.29, 0.717) is 13.1 Å². The Morgan fingerprint density at radius 1 is 1.28 bits per heavy atom. The summed E-state index contributed by atoms with van der Waals surface area (Å²) in [5.41, 5.74) is 0.718. The second-order valence-corrected chi connectivity index (χ2v) is 5.17. The fourth-order valence-corrected chi connectivity index (χ4v) is 1.76. The fraction of sp³-hybridized carbons (Fsp3) is 0.533. The number of benzene rings is 1. The van der Waals surface area contributed by atoms with E-state index in [1.54, 1.807) is 4.90 Å². The number of hydrogen-bond donors (Lipinski definition) is 1. The van der Waals surface area contributed by atoms with Gasteiger partial charge in [-0.15, -0.1) is 0 Å². The molecule has 3 heteroatoms. The molecule has 3 nitrogen and oxygen atoms in total. The van der Waals surface area contributed by atoms with Crippen LogP contribution in [-0.4, -0.2) is 29.1 Å². The third kappa shape index (κ3) is 3.84. The van der Waals surface area contributed by atoms with Crippen LogP contribution in [0.3, 0.4) is 0 Å². The molecule has 0 heterocycles. The first kappa shape index (κ1) is 14.7. The van der Waals surface area contributed by atoms with E-state index in [4.69, 9.17) is 5.11 Å². The molecule has 0 atom stereocenters. The van der Waals surface area contributed by atoms with E-state index in [9.17, 15) is 4.79 Å². The molecule has 1 N–H and O–H groups in total. The van der Waals surface area contributed by atoms with E-state index >= 15 is 0 Å². The summed E-state index contributed by atoms with van der Waals surface area (Å²) in [4.78, 5) is 14.1. The normalized spacial score (nSPS) is 11.3. The topological polar surface area (TPSA) is 40.5 Å². The lowest BCUT2D eigenvalue weighted by Gasteiger charge is -2.31. The molecule has 0 radical (unpaired) electrons. The van der Waals surface area contributed by atoms with Gasteiger partial charge in [-0.1, -0.05) is 51.1 Å². The van der Waals surface area contributed by atoms with Gasteiger partial charge in [0, 0.05) is 18.5 Å². The molecule has 0 aliphatic rings. The van der Waals surface area contributed by atoms with Crippen LogP contribution in [0, 0.1) is 5.41 Å². The highest BCUT2D eigenvalue weighted by atomic mass is 16.3. The predicted octanol–water partition coefficient (Wildman–Crippen LogP) is 2.44. The molecule has 1 rings (SSSR count). The van der Waals surface area contributed by atoms with Crippen LogP contribution in [-0.2, 0) is 11.3 Å². The third-order valence-corrected chi connectivity index (χ3v) is 3.34. The van der Waals surface area contributed by atoms with Crippen molar-refractivity contribution in [2.45, 2.75) is 33.7 Å². The third-order valence-electron chi connectivity index (χ3n) is 3.34. The van der Waals surface area contributed by atoms with E-state index in [2.05, 4.69) is 0 Å². The smallest absolute Gasteiger partial charge is 0.228 e. The monoisotopic (exact) mass is 249 g/mol. The van der Waals surface area contributed by atoms with Gasteiger partial charge in [0.25, 0.3) is 0 Å². The fourth-order valence-electron chi connectivity index (χ4n) is 1.76. The molecule has 0 spiro atoms. The van der Waals surface area contributed by atoms with Crippen molar-refractivity contribution in [2.24, 2.45) is 5.41 Å². The first-order chi connectivity index (χ1) is 8.51. The molecule has 1 amide bonds. The number of aliphatic hydroxyl groups is 1. The molecule has 0 aliphatic heterocycles. The summed E-state index contributed by atoms with van der Waals surface area (Å²) in [6, 6.07) is 9.87. The van der Waals surface area contributed by atoms with Crippen LogP contribution < -0.4 is 0 Å². The maximum Gasteiger partial charge on any atom is 0.228 e. The van der Waals surface area contributed by atoms with Crippen LogP contribution in [0.15, 0.2) is 30.3 Å². The molecule has 100 valence electrons. The van der Waals surface area contributed by atoms with Crippen LogP contribution in [0.25, 0.3) is 0 Å². The van der Waals surface area contributed by atoms with E-state index < -0.39 is 0 Å². The van der Waals surface area contributed by atoms with Gasteiger partial charge < -0.3 is 10.0 Å². The molecule has 1 aromatic carbocycles. The lowest BCUT2D eigenvalue weighted by molar-refractivity contribution is -0.141.